The number of rotatable bonds is 14. The largest absolute Gasteiger partial charge is 0.493 e. The Balaban J connectivity index is 1.77. The van der Waals surface area contributed by atoms with Crippen molar-refractivity contribution in [2.24, 2.45) is 0 Å². The molecule has 2 rings (SSSR count). The zero-order chi connectivity index (χ0) is 20.9. The molecule has 29 heavy (non-hydrogen) atoms. The predicted molar refractivity (Wildman–Crippen MR) is 112 cm³/mol. The van der Waals surface area contributed by atoms with E-state index in [-0.39, 0.29) is 0 Å². The first-order chi connectivity index (χ1) is 14.1. The Kier molecular flexibility index (Phi) is 10.4. The first-order valence-corrected chi connectivity index (χ1v) is 10.6. The fourth-order valence-corrected chi connectivity index (χ4v) is 2.88. The van der Waals surface area contributed by atoms with Crippen LogP contribution in [-0.4, -0.2) is 35.5 Å². The third-order valence-electron chi connectivity index (χ3n) is 4.61. The van der Waals surface area contributed by atoms with Crippen LogP contribution < -0.4 is 9.47 Å². The summed E-state index contributed by atoms with van der Waals surface area (Å²) in [6.45, 7) is 4.71. The number of hydrogen-bond donors (Lipinski definition) is 0. The molecule has 0 amide bonds. The highest BCUT2D eigenvalue weighted by Crippen LogP contribution is 2.21. The summed E-state index contributed by atoms with van der Waals surface area (Å²) in [7, 11) is 0. The Morgan fingerprint density at radius 2 is 1.34 bits per heavy atom. The predicted octanol–water partition coefficient (Wildman–Crippen LogP) is 6.35. The lowest BCUT2D eigenvalue weighted by molar-refractivity contribution is 0.222. The van der Waals surface area contributed by atoms with Crippen LogP contribution in [0.25, 0.3) is 11.4 Å². The van der Waals surface area contributed by atoms with Crippen LogP contribution in [0.4, 0.5) is 8.78 Å². The molecule has 1 heterocycles. The first-order valence-electron chi connectivity index (χ1n) is 10.6. The van der Waals surface area contributed by atoms with E-state index in [9.17, 15) is 8.78 Å². The van der Waals surface area contributed by atoms with Crippen molar-refractivity contribution in [1.82, 2.24) is 9.97 Å². The van der Waals surface area contributed by atoms with Gasteiger partial charge in [-0.2, -0.15) is 0 Å². The van der Waals surface area contributed by atoms with E-state index in [0.29, 0.717) is 56.2 Å². The van der Waals surface area contributed by atoms with Gasteiger partial charge >= 0.3 is 0 Å². The Labute approximate surface area is 172 Å². The van der Waals surface area contributed by atoms with Crippen molar-refractivity contribution < 1.29 is 18.3 Å². The number of unbranched alkanes of at least 4 members (excludes halogenated alkanes) is 1. The maximum atomic E-state index is 13.6. The van der Waals surface area contributed by atoms with E-state index in [4.69, 9.17) is 9.47 Å². The molecule has 0 aliphatic heterocycles. The molecule has 6 heteroatoms. The third kappa shape index (κ3) is 8.75. The van der Waals surface area contributed by atoms with Gasteiger partial charge < -0.3 is 9.47 Å². The summed E-state index contributed by atoms with van der Waals surface area (Å²) < 4.78 is 38.2. The molecule has 0 aliphatic carbocycles. The van der Waals surface area contributed by atoms with E-state index in [2.05, 4.69) is 16.9 Å². The molecular weight excluding hydrogens is 374 g/mol. The minimum absolute atomic E-state index is 0.317. The van der Waals surface area contributed by atoms with E-state index >= 15 is 0 Å². The summed E-state index contributed by atoms with van der Waals surface area (Å²) in [5.41, 5.74) is 0.849. The first kappa shape index (κ1) is 23.0. The van der Waals surface area contributed by atoms with Gasteiger partial charge in [-0.3, -0.25) is 0 Å². The number of ether oxygens (including phenoxy) is 2. The molecule has 2 aromatic rings. The van der Waals surface area contributed by atoms with Crippen LogP contribution in [0, 0.1) is 0 Å². The van der Waals surface area contributed by atoms with Crippen LogP contribution in [0.1, 0.15) is 58.8 Å². The SMILES string of the molecule is CCCC[C@@H](F)CCOc1cnc(-c2ccc(OCC[C@H](F)CCC)cc2)nc1. The van der Waals surface area contributed by atoms with Gasteiger partial charge in [-0.25, -0.2) is 18.7 Å². The van der Waals surface area contributed by atoms with Crippen LogP contribution in [0.5, 0.6) is 11.5 Å². The molecule has 0 saturated carbocycles. The Hall–Kier alpha value is -2.24. The molecule has 0 radical (unpaired) electrons. The standard InChI is InChI=1S/C23H32F2N2O2/c1-3-5-7-20(25)13-15-29-22-16-26-23(27-17-22)18-8-10-21(11-9-18)28-14-12-19(24)6-4-2/h8-11,16-17,19-20H,3-7,12-15H2,1-2H3/t19-,20-/m1/s1. The monoisotopic (exact) mass is 406 g/mol. The molecule has 0 aliphatic rings. The van der Waals surface area contributed by atoms with Crippen molar-refractivity contribution in [3.63, 3.8) is 0 Å². The molecule has 0 saturated heterocycles. The lowest BCUT2D eigenvalue weighted by Gasteiger charge is -2.10. The van der Waals surface area contributed by atoms with Crippen molar-refractivity contribution in [2.45, 2.75) is 71.1 Å². The number of alkyl halides is 2. The van der Waals surface area contributed by atoms with E-state index in [1.165, 1.54) is 0 Å². The maximum absolute atomic E-state index is 13.6. The smallest absolute Gasteiger partial charge is 0.159 e. The molecule has 2 atom stereocenters. The number of benzene rings is 1. The molecule has 0 fully saturated rings. The van der Waals surface area contributed by atoms with Crippen LogP contribution in [0.2, 0.25) is 0 Å². The normalized spacial score (nSPS) is 13.1. The van der Waals surface area contributed by atoms with Crippen molar-refractivity contribution in [3.8, 4) is 22.9 Å². The summed E-state index contributed by atoms with van der Waals surface area (Å²) >= 11 is 0. The number of halogens is 2. The average Bonchev–Trinajstić information content (AvgIpc) is 2.73. The van der Waals surface area contributed by atoms with Gasteiger partial charge in [-0.05, 0) is 37.1 Å². The van der Waals surface area contributed by atoms with Gasteiger partial charge in [-0.15, -0.1) is 0 Å². The summed E-state index contributed by atoms with van der Waals surface area (Å²) in [5.74, 6) is 1.80. The van der Waals surface area contributed by atoms with E-state index in [1.807, 2.05) is 31.2 Å². The zero-order valence-corrected chi connectivity index (χ0v) is 17.4. The van der Waals surface area contributed by atoms with Crippen molar-refractivity contribution in [3.05, 3.63) is 36.7 Å². The molecule has 0 unspecified atom stereocenters. The second-order valence-corrected chi connectivity index (χ2v) is 7.17. The Morgan fingerprint density at radius 1 is 0.759 bits per heavy atom. The number of hydrogen-bond acceptors (Lipinski definition) is 4. The van der Waals surface area contributed by atoms with Crippen LogP contribution in [0.3, 0.4) is 0 Å². The summed E-state index contributed by atoms with van der Waals surface area (Å²) in [6.07, 6.45) is 6.26. The van der Waals surface area contributed by atoms with Gasteiger partial charge in [0.15, 0.2) is 11.6 Å². The fraction of sp³-hybridized carbons (Fsp3) is 0.565. The van der Waals surface area contributed by atoms with Crippen LogP contribution in [-0.2, 0) is 0 Å². The highest BCUT2D eigenvalue weighted by Gasteiger charge is 2.08. The molecule has 160 valence electrons. The van der Waals surface area contributed by atoms with Crippen LogP contribution in [0.15, 0.2) is 36.7 Å². The molecule has 0 spiro atoms. The molecule has 0 N–H and O–H groups in total. The fourth-order valence-electron chi connectivity index (χ4n) is 2.88. The van der Waals surface area contributed by atoms with Crippen molar-refractivity contribution >= 4 is 0 Å². The van der Waals surface area contributed by atoms with Gasteiger partial charge in [-0.1, -0.05) is 33.1 Å². The van der Waals surface area contributed by atoms with Gasteiger partial charge in [0.1, 0.15) is 18.1 Å². The van der Waals surface area contributed by atoms with Crippen molar-refractivity contribution in [2.75, 3.05) is 13.2 Å². The summed E-state index contributed by atoms with van der Waals surface area (Å²) in [6, 6.07) is 7.39. The van der Waals surface area contributed by atoms with E-state index in [0.717, 1.165) is 24.8 Å². The minimum Gasteiger partial charge on any atom is -0.493 e. The van der Waals surface area contributed by atoms with E-state index in [1.54, 1.807) is 12.4 Å². The minimum atomic E-state index is -0.821. The maximum Gasteiger partial charge on any atom is 0.159 e. The lowest BCUT2D eigenvalue weighted by Crippen LogP contribution is -2.08. The Bertz CT molecular complexity index is 680. The van der Waals surface area contributed by atoms with Gasteiger partial charge in [0, 0.05) is 18.4 Å². The molecule has 1 aromatic carbocycles. The summed E-state index contributed by atoms with van der Waals surface area (Å²) in [5, 5.41) is 0. The van der Waals surface area contributed by atoms with Crippen LogP contribution >= 0.6 is 0 Å². The quantitative estimate of drug-likeness (QED) is 0.367. The number of aromatic nitrogens is 2. The zero-order valence-electron chi connectivity index (χ0n) is 17.4. The third-order valence-corrected chi connectivity index (χ3v) is 4.61. The second kappa shape index (κ2) is 13.1. The molecule has 1 aromatic heterocycles. The van der Waals surface area contributed by atoms with Gasteiger partial charge in [0.05, 0.1) is 25.6 Å². The van der Waals surface area contributed by atoms with E-state index < -0.39 is 12.3 Å². The lowest BCUT2D eigenvalue weighted by atomic mass is 10.1. The second-order valence-electron chi connectivity index (χ2n) is 7.17. The number of nitrogens with zero attached hydrogens (tertiary/aromatic N) is 2. The molecular formula is C23H32F2N2O2. The molecule has 0 bridgehead atoms. The Morgan fingerprint density at radius 3 is 1.93 bits per heavy atom. The van der Waals surface area contributed by atoms with Gasteiger partial charge in [0.25, 0.3) is 0 Å². The van der Waals surface area contributed by atoms with Crippen molar-refractivity contribution in [1.29, 1.82) is 0 Å². The topological polar surface area (TPSA) is 44.2 Å². The molecule has 4 nitrogen and oxygen atoms in total. The average molecular weight is 407 g/mol. The highest BCUT2D eigenvalue weighted by molar-refractivity contribution is 5.56. The highest BCUT2D eigenvalue weighted by atomic mass is 19.1. The summed E-state index contributed by atoms with van der Waals surface area (Å²) in [4.78, 5) is 8.62. The van der Waals surface area contributed by atoms with Gasteiger partial charge in [0.2, 0.25) is 0 Å².